The van der Waals surface area contributed by atoms with Gasteiger partial charge < -0.3 is 5.11 Å². The summed E-state index contributed by atoms with van der Waals surface area (Å²) >= 11 is 0. The molecule has 0 amide bonds. The summed E-state index contributed by atoms with van der Waals surface area (Å²) in [4.78, 5) is 10.5. The standard InChI is InChI=1S/C11H12N2O2/c1-13-7-9-8(5-6-11(14)15)3-2-4-10(9)12-13/h2-4,7H,5-6H2,1H3,(H,14,15). The summed E-state index contributed by atoms with van der Waals surface area (Å²) in [7, 11) is 1.86. The molecule has 15 heavy (non-hydrogen) atoms. The zero-order valence-electron chi connectivity index (χ0n) is 8.47. The van der Waals surface area contributed by atoms with E-state index < -0.39 is 5.97 Å². The number of aliphatic carboxylic acids is 1. The second-order valence-electron chi connectivity index (χ2n) is 3.55. The van der Waals surface area contributed by atoms with Gasteiger partial charge in [-0.2, -0.15) is 5.10 Å². The van der Waals surface area contributed by atoms with E-state index in [0.29, 0.717) is 6.42 Å². The molecule has 2 aromatic rings. The fourth-order valence-electron chi connectivity index (χ4n) is 1.68. The van der Waals surface area contributed by atoms with Crippen molar-refractivity contribution in [3.8, 4) is 0 Å². The van der Waals surface area contributed by atoms with Gasteiger partial charge in [0.15, 0.2) is 0 Å². The molecule has 0 radical (unpaired) electrons. The van der Waals surface area contributed by atoms with E-state index in [0.717, 1.165) is 16.5 Å². The molecule has 0 spiro atoms. The highest BCUT2D eigenvalue weighted by atomic mass is 16.4. The van der Waals surface area contributed by atoms with Crippen LogP contribution in [0.4, 0.5) is 0 Å². The van der Waals surface area contributed by atoms with E-state index in [1.54, 1.807) is 4.68 Å². The van der Waals surface area contributed by atoms with Gasteiger partial charge in [-0.15, -0.1) is 0 Å². The molecule has 0 atom stereocenters. The molecule has 2 rings (SSSR count). The fraction of sp³-hybridized carbons (Fsp3) is 0.273. The molecule has 0 aliphatic rings. The van der Waals surface area contributed by atoms with Gasteiger partial charge in [0.05, 0.1) is 5.52 Å². The van der Waals surface area contributed by atoms with Gasteiger partial charge in [-0.3, -0.25) is 9.48 Å². The summed E-state index contributed by atoms with van der Waals surface area (Å²) in [6.45, 7) is 0. The van der Waals surface area contributed by atoms with E-state index in [9.17, 15) is 4.79 Å². The van der Waals surface area contributed by atoms with E-state index in [-0.39, 0.29) is 6.42 Å². The molecule has 0 fully saturated rings. The van der Waals surface area contributed by atoms with Crippen molar-refractivity contribution in [1.29, 1.82) is 0 Å². The first-order chi connectivity index (χ1) is 7.16. The van der Waals surface area contributed by atoms with Crippen LogP contribution in [0.1, 0.15) is 12.0 Å². The molecule has 0 saturated heterocycles. The number of carboxylic acids is 1. The van der Waals surface area contributed by atoms with Crippen LogP contribution in [-0.2, 0) is 18.3 Å². The van der Waals surface area contributed by atoms with Crippen molar-refractivity contribution in [2.75, 3.05) is 0 Å². The van der Waals surface area contributed by atoms with Gasteiger partial charge in [0.2, 0.25) is 0 Å². The molecular weight excluding hydrogens is 192 g/mol. The van der Waals surface area contributed by atoms with Crippen molar-refractivity contribution in [2.45, 2.75) is 12.8 Å². The quantitative estimate of drug-likeness (QED) is 0.826. The number of benzene rings is 1. The number of hydrogen-bond donors (Lipinski definition) is 1. The minimum atomic E-state index is -0.768. The van der Waals surface area contributed by atoms with Crippen LogP contribution >= 0.6 is 0 Å². The number of hydrogen-bond acceptors (Lipinski definition) is 2. The minimum Gasteiger partial charge on any atom is -0.481 e. The number of nitrogens with zero attached hydrogens (tertiary/aromatic N) is 2. The largest absolute Gasteiger partial charge is 0.481 e. The van der Waals surface area contributed by atoms with E-state index >= 15 is 0 Å². The number of carbonyl (C=O) groups is 1. The molecule has 0 aliphatic heterocycles. The van der Waals surface area contributed by atoms with E-state index in [4.69, 9.17) is 5.11 Å². The van der Waals surface area contributed by atoms with Crippen molar-refractivity contribution in [1.82, 2.24) is 9.78 Å². The minimum absolute atomic E-state index is 0.161. The highest BCUT2D eigenvalue weighted by Gasteiger charge is 2.05. The molecule has 0 bridgehead atoms. The Bertz CT molecular complexity index is 502. The van der Waals surface area contributed by atoms with Crippen LogP contribution in [0, 0.1) is 0 Å². The summed E-state index contributed by atoms with van der Waals surface area (Å²) in [5, 5.41) is 13.9. The molecule has 1 aromatic heterocycles. The summed E-state index contributed by atoms with van der Waals surface area (Å²) < 4.78 is 1.74. The van der Waals surface area contributed by atoms with Gasteiger partial charge in [0.1, 0.15) is 0 Å². The molecule has 78 valence electrons. The molecule has 4 nitrogen and oxygen atoms in total. The SMILES string of the molecule is Cn1cc2c(CCC(=O)O)cccc2n1. The van der Waals surface area contributed by atoms with E-state index in [1.807, 2.05) is 31.4 Å². The zero-order valence-corrected chi connectivity index (χ0v) is 8.47. The molecule has 0 unspecified atom stereocenters. The first kappa shape index (κ1) is 9.71. The molecule has 1 aromatic carbocycles. The zero-order chi connectivity index (χ0) is 10.8. The Kier molecular flexibility index (Phi) is 2.41. The maximum atomic E-state index is 10.5. The number of carboxylic acid groups (broad SMARTS) is 1. The molecular formula is C11H12N2O2. The molecule has 1 heterocycles. The Morgan fingerprint density at radius 2 is 2.33 bits per heavy atom. The topological polar surface area (TPSA) is 55.1 Å². The Balaban J connectivity index is 2.37. The Hall–Kier alpha value is -1.84. The van der Waals surface area contributed by atoms with Crippen molar-refractivity contribution in [3.63, 3.8) is 0 Å². The summed E-state index contributed by atoms with van der Waals surface area (Å²) in [5.74, 6) is -0.768. The third kappa shape index (κ3) is 1.98. The predicted molar refractivity (Wildman–Crippen MR) is 56.7 cm³/mol. The number of aryl methyl sites for hydroxylation is 2. The first-order valence-corrected chi connectivity index (χ1v) is 4.80. The maximum absolute atomic E-state index is 10.5. The van der Waals surface area contributed by atoms with E-state index in [2.05, 4.69) is 5.10 Å². The van der Waals surface area contributed by atoms with Crippen LogP contribution in [0.2, 0.25) is 0 Å². The third-order valence-corrected chi connectivity index (χ3v) is 2.36. The van der Waals surface area contributed by atoms with Gasteiger partial charge in [0, 0.05) is 25.1 Å². The van der Waals surface area contributed by atoms with Crippen molar-refractivity contribution in [2.24, 2.45) is 7.05 Å². The van der Waals surface area contributed by atoms with Crippen molar-refractivity contribution in [3.05, 3.63) is 30.0 Å². The lowest BCUT2D eigenvalue weighted by Crippen LogP contribution is -1.97. The number of rotatable bonds is 3. The van der Waals surface area contributed by atoms with Crippen molar-refractivity contribution >= 4 is 16.9 Å². The second kappa shape index (κ2) is 3.73. The molecule has 0 saturated carbocycles. The van der Waals surface area contributed by atoms with Crippen LogP contribution in [0.3, 0.4) is 0 Å². The normalized spacial score (nSPS) is 10.7. The molecule has 4 heteroatoms. The highest BCUT2D eigenvalue weighted by Crippen LogP contribution is 2.18. The smallest absolute Gasteiger partial charge is 0.303 e. The Morgan fingerprint density at radius 1 is 1.53 bits per heavy atom. The number of fused-ring (bicyclic) bond motifs is 1. The third-order valence-electron chi connectivity index (χ3n) is 2.36. The van der Waals surface area contributed by atoms with Gasteiger partial charge in [0.25, 0.3) is 0 Å². The average Bonchev–Trinajstić information content (AvgIpc) is 2.55. The first-order valence-electron chi connectivity index (χ1n) is 4.80. The van der Waals surface area contributed by atoms with Crippen molar-refractivity contribution < 1.29 is 9.90 Å². The number of aromatic nitrogens is 2. The van der Waals surface area contributed by atoms with Gasteiger partial charge in [-0.1, -0.05) is 12.1 Å². The monoisotopic (exact) mass is 204 g/mol. The highest BCUT2D eigenvalue weighted by molar-refractivity contribution is 5.82. The summed E-state index contributed by atoms with van der Waals surface area (Å²) in [5.41, 5.74) is 1.96. The van der Waals surface area contributed by atoms with Crippen LogP contribution in [0.15, 0.2) is 24.4 Å². The summed E-state index contributed by atoms with van der Waals surface area (Å²) in [6, 6.07) is 5.79. The van der Waals surface area contributed by atoms with Crippen LogP contribution in [0.25, 0.3) is 10.9 Å². The van der Waals surface area contributed by atoms with Gasteiger partial charge >= 0.3 is 5.97 Å². The summed E-state index contributed by atoms with van der Waals surface area (Å²) in [6.07, 6.45) is 2.64. The fourth-order valence-corrected chi connectivity index (χ4v) is 1.68. The lowest BCUT2D eigenvalue weighted by molar-refractivity contribution is -0.136. The predicted octanol–water partition coefficient (Wildman–Crippen LogP) is 1.59. The van der Waals surface area contributed by atoms with Gasteiger partial charge in [-0.25, -0.2) is 0 Å². The maximum Gasteiger partial charge on any atom is 0.303 e. The van der Waals surface area contributed by atoms with Crippen LogP contribution in [0.5, 0.6) is 0 Å². The molecule has 0 aliphatic carbocycles. The van der Waals surface area contributed by atoms with Crippen LogP contribution < -0.4 is 0 Å². The van der Waals surface area contributed by atoms with Crippen LogP contribution in [-0.4, -0.2) is 20.9 Å². The second-order valence-corrected chi connectivity index (χ2v) is 3.55. The lowest BCUT2D eigenvalue weighted by Gasteiger charge is -1.99. The Labute approximate surface area is 87.1 Å². The Morgan fingerprint density at radius 3 is 3.07 bits per heavy atom. The van der Waals surface area contributed by atoms with Gasteiger partial charge in [-0.05, 0) is 18.1 Å². The average molecular weight is 204 g/mol. The molecule has 1 N–H and O–H groups in total. The van der Waals surface area contributed by atoms with E-state index in [1.165, 1.54) is 0 Å². The lowest BCUT2D eigenvalue weighted by atomic mass is 10.1.